The van der Waals surface area contributed by atoms with Crippen molar-refractivity contribution in [1.82, 2.24) is 0 Å². The molecule has 190 valence electrons. The first kappa shape index (κ1) is 27.4. The van der Waals surface area contributed by atoms with Crippen LogP contribution in [0, 0.1) is 0 Å². The number of allylic oxidation sites excluding steroid dienone is 2. The Bertz CT molecular complexity index is 800. The van der Waals surface area contributed by atoms with Crippen LogP contribution in [-0.2, 0) is 42.9 Å². The van der Waals surface area contributed by atoms with Crippen LogP contribution >= 0.6 is 0 Å². The van der Waals surface area contributed by atoms with E-state index in [1.165, 1.54) is 6.08 Å². The number of esters is 3. The van der Waals surface area contributed by atoms with Crippen LogP contribution in [0.15, 0.2) is 23.5 Å². The van der Waals surface area contributed by atoms with Gasteiger partial charge >= 0.3 is 23.9 Å². The monoisotopic (exact) mass is 482 g/mol. The number of carbonyl (C=O) groups excluding carboxylic acids is 3. The van der Waals surface area contributed by atoms with Crippen LogP contribution in [0.4, 0.5) is 0 Å². The normalized spacial score (nSPS) is 24.3. The molecule has 0 aromatic carbocycles. The molecule has 4 atom stereocenters. The summed E-state index contributed by atoms with van der Waals surface area (Å²) in [5, 5.41) is 9.50. The van der Waals surface area contributed by atoms with Crippen LogP contribution in [0.1, 0.15) is 72.1 Å². The van der Waals surface area contributed by atoms with E-state index < -0.39 is 48.5 Å². The molecule has 1 N–H and O–H groups in total. The summed E-state index contributed by atoms with van der Waals surface area (Å²) in [6.45, 7) is 5.24. The summed E-state index contributed by atoms with van der Waals surface area (Å²) in [7, 11) is 0. The lowest BCUT2D eigenvalue weighted by atomic mass is 10.0. The summed E-state index contributed by atoms with van der Waals surface area (Å²) in [5.41, 5.74) is -0.0375. The average Bonchev–Trinajstić information content (AvgIpc) is 2.78. The molecule has 0 bridgehead atoms. The molecule has 2 aliphatic rings. The third-order valence-corrected chi connectivity index (χ3v) is 5.15. The highest BCUT2D eigenvalue weighted by molar-refractivity contribution is 5.91. The van der Waals surface area contributed by atoms with Gasteiger partial charge in [-0.25, -0.2) is 4.79 Å². The lowest BCUT2D eigenvalue weighted by molar-refractivity contribution is -0.272. The molecular weight excluding hydrogens is 448 g/mol. The van der Waals surface area contributed by atoms with Gasteiger partial charge in [-0.15, -0.1) is 0 Å². The van der Waals surface area contributed by atoms with Crippen molar-refractivity contribution >= 4 is 23.9 Å². The predicted octanol–water partition coefficient (Wildman–Crippen LogP) is 3.18. The molecule has 0 saturated carbocycles. The number of hydrogen-bond donors (Lipinski definition) is 1. The van der Waals surface area contributed by atoms with E-state index in [0.29, 0.717) is 32.1 Å². The zero-order chi connectivity index (χ0) is 25.1. The molecule has 0 aromatic rings. The average molecular weight is 483 g/mol. The van der Waals surface area contributed by atoms with Gasteiger partial charge in [0.05, 0.1) is 12.2 Å². The molecule has 10 heteroatoms. The maximum Gasteiger partial charge on any atom is 0.339 e. The third-order valence-electron chi connectivity index (χ3n) is 5.15. The van der Waals surface area contributed by atoms with Crippen LogP contribution < -0.4 is 0 Å². The minimum absolute atomic E-state index is 0.0375. The number of rotatable bonds is 12. The lowest BCUT2D eigenvalue weighted by Crippen LogP contribution is -2.58. The summed E-state index contributed by atoms with van der Waals surface area (Å²) in [4.78, 5) is 48.6. The smallest absolute Gasteiger partial charge is 0.339 e. The molecule has 34 heavy (non-hydrogen) atoms. The standard InChI is InChI=1S/C24H34O10/c1-4-9-18(25)31-17-14-30-24(32-16-13-8-7-12-15(16)23(28)29)22(34-20(27)11-6-3)21(17)33-19(26)10-5-2/h12-13,17,21-22,24H,4-11,14H2,1-3H3,(H,28,29)/t17?,21-,22?,24-/m0/s1. The molecule has 1 heterocycles. The minimum atomic E-state index is -1.27. The number of aliphatic carboxylic acids is 1. The molecule has 0 spiro atoms. The highest BCUT2D eigenvalue weighted by atomic mass is 16.7. The summed E-state index contributed by atoms with van der Waals surface area (Å²) in [6.07, 6.45) is 1.49. The summed E-state index contributed by atoms with van der Waals surface area (Å²) < 4.78 is 28.3. The Morgan fingerprint density at radius 1 is 0.853 bits per heavy atom. The molecule has 10 nitrogen and oxygen atoms in total. The van der Waals surface area contributed by atoms with Crippen LogP contribution in [0.3, 0.4) is 0 Å². The van der Waals surface area contributed by atoms with Gasteiger partial charge in [-0.2, -0.15) is 0 Å². The molecule has 1 fully saturated rings. The fourth-order valence-electron chi connectivity index (χ4n) is 3.56. The van der Waals surface area contributed by atoms with E-state index in [9.17, 15) is 24.3 Å². The zero-order valence-electron chi connectivity index (χ0n) is 19.9. The first-order chi connectivity index (χ1) is 16.3. The quantitative estimate of drug-likeness (QED) is 0.326. The van der Waals surface area contributed by atoms with Crippen LogP contribution in [0.25, 0.3) is 0 Å². The molecule has 2 rings (SSSR count). The van der Waals surface area contributed by atoms with Gasteiger partial charge in [-0.05, 0) is 38.2 Å². The Morgan fingerprint density at radius 2 is 1.38 bits per heavy atom. The molecule has 0 aromatic heterocycles. The van der Waals surface area contributed by atoms with Crippen molar-refractivity contribution in [1.29, 1.82) is 0 Å². The lowest BCUT2D eigenvalue weighted by Gasteiger charge is -2.40. The van der Waals surface area contributed by atoms with Gasteiger partial charge in [0.15, 0.2) is 12.2 Å². The Labute approximate surface area is 199 Å². The molecule has 0 amide bonds. The van der Waals surface area contributed by atoms with E-state index >= 15 is 0 Å². The van der Waals surface area contributed by atoms with Crippen molar-refractivity contribution < 1.29 is 48.0 Å². The van der Waals surface area contributed by atoms with E-state index in [0.717, 1.165) is 0 Å². The molecular formula is C24H34O10. The second-order valence-electron chi connectivity index (χ2n) is 8.08. The molecule has 1 aliphatic carbocycles. The van der Waals surface area contributed by atoms with Crippen LogP contribution in [-0.4, -0.2) is 60.2 Å². The number of ether oxygens (including phenoxy) is 5. The molecule has 0 radical (unpaired) electrons. The zero-order valence-corrected chi connectivity index (χ0v) is 19.9. The number of hydrogen-bond acceptors (Lipinski definition) is 9. The van der Waals surface area contributed by atoms with E-state index in [2.05, 4.69) is 0 Å². The van der Waals surface area contributed by atoms with Crippen LogP contribution in [0.5, 0.6) is 0 Å². The van der Waals surface area contributed by atoms with Crippen molar-refractivity contribution in [3.8, 4) is 0 Å². The van der Waals surface area contributed by atoms with Gasteiger partial charge < -0.3 is 28.8 Å². The molecule has 1 saturated heterocycles. The summed E-state index contributed by atoms with van der Waals surface area (Å²) >= 11 is 0. The summed E-state index contributed by atoms with van der Waals surface area (Å²) in [6, 6.07) is 0. The highest BCUT2D eigenvalue weighted by Crippen LogP contribution is 2.30. The van der Waals surface area contributed by atoms with Crippen molar-refractivity contribution in [2.24, 2.45) is 0 Å². The van der Waals surface area contributed by atoms with Gasteiger partial charge in [0.25, 0.3) is 0 Å². The second-order valence-corrected chi connectivity index (χ2v) is 8.08. The Balaban J connectivity index is 2.34. The summed E-state index contributed by atoms with van der Waals surface area (Å²) in [5.74, 6) is -2.73. The van der Waals surface area contributed by atoms with Crippen molar-refractivity contribution in [2.45, 2.75) is 96.7 Å². The topological polar surface area (TPSA) is 135 Å². The Hall–Kier alpha value is -2.88. The second kappa shape index (κ2) is 13.7. The fraction of sp³-hybridized carbons (Fsp3) is 0.667. The van der Waals surface area contributed by atoms with Gasteiger partial charge in [-0.1, -0.05) is 26.8 Å². The minimum Gasteiger partial charge on any atom is -0.478 e. The van der Waals surface area contributed by atoms with Gasteiger partial charge in [0.2, 0.25) is 12.4 Å². The number of carboxylic acids is 1. The largest absolute Gasteiger partial charge is 0.478 e. The number of carbonyl (C=O) groups is 4. The molecule has 2 unspecified atom stereocenters. The maximum absolute atomic E-state index is 12.4. The Kier molecular flexibility index (Phi) is 11.1. The molecule has 1 aliphatic heterocycles. The van der Waals surface area contributed by atoms with Gasteiger partial charge in [-0.3, -0.25) is 14.4 Å². The fourth-order valence-corrected chi connectivity index (χ4v) is 3.56. The van der Waals surface area contributed by atoms with E-state index in [1.54, 1.807) is 13.0 Å². The third kappa shape index (κ3) is 7.86. The number of carboxylic acid groups (broad SMARTS) is 1. The first-order valence-electron chi connectivity index (χ1n) is 11.8. The maximum atomic E-state index is 12.4. The van der Waals surface area contributed by atoms with Crippen molar-refractivity contribution in [3.05, 3.63) is 23.5 Å². The highest BCUT2D eigenvalue weighted by Gasteiger charge is 2.49. The van der Waals surface area contributed by atoms with E-state index in [-0.39, 0.29) is 37.2 Å². The van der Waals surface area contributed by atoms with Crippen molar-refractivity contribution in [2.75, 3.05) is 6.61 Å². The Morgan fingerprint density at radius 3 is 1.94 bits per heavy atom. The van der Waals surface area contributed by atoms with Crippen LogP contribution in [0.2, 0.25) is 0 Å². The van der Waals surface area contributed by atoms with E-state index in [4.69, 9.17) is 23.7 Å². The van der Waals surface area contributed by atoms with Crippen molar-refractivity contribution in [3.63, 3.8) is 0 Å². The van der Waals surface area contributed by atoms with E-state index in [1.807, 2.05) is 13.8 Å². The van der Waals surface area contributed by atoms with Gasteiger partial charge in [0.1, 0.15) is 5.76 Å². The first-order valence-corrected chi connectivity index (χ1v) is 11.8. The van der Waals surface area contributed by atoms with Gasteiger partial charge in [0, 0.05) is 19.3 Å². The SMILES string of the molecule is CCCC(=O)OC1CO[C@@H](OC2=CCCC=C2C(=O)O)C(OC(=O)CCC)[C@H]1OC(=O)CCC. The predicted molar refractivity (Wildman–Crippen MR) is 118 cm³/mol.